The summed E-state index contributed by atoms with van der Waals surface area (Å²) in [7, 11) is -4.30. The summed E-state index contributed by atoms with van der Waals surface area (Å²) < 4.78 is 39.3. The van der Waals surface area contributed by atoms with Gasteiger partial charge in [0, 0.05) is 11.7 Å². The highest BCUT2D eigenvalue weighted by Gasteiger charge is 2.23. The second-order valence-electron chi connectivity index (χ2n) is 4.38. The van der Waals surface area contributed by atoms with Crippen LogP contribution in [0, 0.1) is 12.7 Å². The predicted molar refractivity (Wildman–Crippen MR) is 69.5 cm³/mol. The summed E-state index contributed by atoms with van der Waals surface area (Å²) >= 11 is 0. The lowest BCUT2D eigenvalue weighted by Gasteiger charge is -2.12. The number of anilines is 1. The van der Waals surface area contributed by atoms with Crippen LogP contribution >= 0.6 is 0 Å². The van der Waals surface area contributed by atoms with Crippen molar-refractivity contribution in [3.05, 3.63) is 23.5 Å². The third kappa shape index (κ3) is 3.82. The molecule has 1 aromatic rings. The number of hydrogen-bond acceptors (Lipinski definition) is 4. The molecule has 0 spiro atoms. The largest absolute Gasteiger partial charge is 0.399 e. The van der Waals surface area contributed by atoms with Crippen LogP contribution in [0.1, 0.15) is 19.4 Å². The van der Waals surface area contributed by atoms with Gasteiger partial charge in [0.1, 0.15) is 10.7 Å². The van der Waals surface area contributed by atoms with Crippen molar-refractivity contribution < 1.29 is 17.6 Å². The van der Waals surface area contributed by atoms with E-state index in [0.29, 0.717) is 0 Å². The number of halogens is 1. The highest BCUT2D eigenvalue weighted by atomic mass is 32.2. The number of sulfonamides is 1. The highest BCUT2D eigenvalue weighted by molar-refractivity contribution is 7.90. The maximum atomic E-state index is 13.8. The molecule has 6 nitrogen and oxygen atoms in total. The monoisotopic (exact) mass is 289 g/mol. The van der Waals surface area contributed by atoms with Crippen molar-refractivity contribution in [2.75, 3.05) is 5.73 Å². The molecule has 1 rings (SSSR count). The van der Waals surface area contributed by atoms with E-state index in [-0.39, 0.29) is 17.3 Å². The highest BCUT2D eigenvalue weighted by Crippen LogP contribution is 2.21. The first-order chi connectivity index (χ1) is 8.63. The number of nitrogens with two attached hydrogens (primary N) is 1. The van der Waals surface area contributed by atoms with E-state index in [1.54, 1.807) is 18.6 Å². The molecule has 0 heterocycles. The van der Waals surface area contributed by atoms with Crippen LogP contribution in [0.5, 0.6) is 0 Å². The van der Waals surface area contributed by atoms with Crippen LogP contribution in [0.2, 0.25) is 0 Å². The number of rotatable bonds is 3. The van der Waals surface area contributed by atoms with E-state index >= 15 is 0 Å². The maximum absolute atomic E-state index is 13.8. The average molecular weight is 289 g/mol. The molecule has 0 aliphatic carbocycles. The summed E-state index contributed by atoms with van der Waals surface area (Å²) in [5.74, 6) is -0.931. The quantitative estimate of drug-likeness (QED) is 0.725. The topological polar surface area (TPSA) is 101 Å². The molecule has 19 heavy (non-hydrogen) atoms. The predicted octanol–water partition coefficient (Wildman–Crippen LogP) is 1.11. The molecular formula is C11H16FN3O3S. The molecule has 0 saturated heterocycles. The van der Waals surface area contributed by atoms with E-state index in [4.69, 9.17) is 5.73 Å². The number of carbonyl (C=O) groups excluding carboxylic acids is 1. The van der Waals surface area contributed by atoms with E-state index in [2.05, 4.69) is 5.32 Å². The molecule has 0 aliphatic heterocycles. The van der Waals surface area contributed by atoms with Crippen LogP contribution < -0.4 is 15.8 Å². The number of hydrogen-bond donors (Lipinski definition) is 3. The normalized spacial score (nSPS) is 11.4. The van der Waals surface area contributed by atoms with E-state index in [9.17, 15) is 17.6 Å². The van der Waals surface area contributed by atoms with Crippen LogP contribution in [0.3, 0.4) is 0 Å². The summed E-state index contributed by atoms with van der Waals surface area (Å²) in [6, 6.07) is 1.10. The minimum atomic E-state index is -4.30. The van der Waals surface area contributed by atoms with Crippen LogP contribution in [-0.4, -0.2) is 20.5 Å². The number of nitrogen functional groups attached to an aromatic ring is 1. The van der Waals surface area contributed by atoms with Gasteiger partial charge in [0.15, 0.2) is 0 Å². The molecule has 0 aromatic heterocycles. The van der Waals surface area contributed by atoms with Gasteiger partial charge in [-0.05, 0) is 38.5 Å². The minimum Gasteiger partial charge on any atom is -0.399 e. The van der Waals surface area contributed by atoms with Crippen LogP contribution in [0.25, 0.3) is 0 Å². The number of amides is 2. The zero-order valence-electron chi connectivity index (χ0n) is 10.8. The minimum absolute atomic E-state index is 0.0876. The number of nitrogens with one attached hydrogen (secondary N) is 2. The molecule has 0 aliphatic rings. The molecule has 4 N–H and O–H groups in total. The van der Waals surface area contributed by atoms with Gasteiger partial charge in [-0.25, -0.2) is 22.3 Å². The lowest BCUT2D eigenvalue weighted by Crippen LogP contribution is -2.42. The van der Waals surface area contributed by atoms with Gasteiger partial charge < -0.3 is 11.1 Å². The molecule has 0 fully saturated rings. The second kappa shape index (κ2) is 5.43. The molecular weight excluding hydrogens is 273 g/mol. The Balaban J connectivity index is 3.11. The van der Waals surface area contributed by atoms with Gasteiger partial charge >= 0.3 is 6.03 Å². The third-order valence-electron chi connectivity index (χ3n) is 2.18. The summed E-state index contributed by atoms with van der Waals surface area (Å²) in [4.78, 5) is 10.7. The fraction of sp³-hybridized carbons (Fsp3) is 0.364. The molecule has 0 radical (unpaired) electrons. The Morgan fingerprint density at radius 1 is 1.37 bits per heavy atom. The van der Waals surface area contributed by atoms with Crippen molar-refractivity contribution >= 4 is 21.7 Å². The number of aryl methyl sites for hydroxylation is 1. The van der Waals surface area contributed by atoms with E-state index in [1.165, 1.54) is 13.0 Å². The van der Waals surface area contributed by atoms with Crippen molar-refractivity contribution in [3.63, 3.8) is 0 Å². The van der Waals surface area contributed by atoms with E-state index in [0.717, 1.165) is 6.07 Å². The first-order valence-corrected chi connectivity index (χ1v) is 7.00. The molecule has 1 aromatic carbocycles. The first-order valence-electron chi connectivity index (χ1n) is 5.52. The Labute approximate surface area is 111 Å². The lowest BCUT2D eigenvalue weighted by molar-refractivity contribution is 0.243. The fourth-order valence-corrected chi connectivity index (χ4v) is 2.53. The van der Waals surface area contributed by atoms with Gasteiger partial charge in [0.05, 0.1) is 0 Å². The molecule has 0 unspecified atom stereocenters. The Morgan fingerprint density at radius 3 is 2.47 bits per heavy atom. The standard InChI is InChI=1S/C11H16FN3O3S/c1-6(2)14-11(16)15-19(17,18)9-5-8(13)4-7(3)10(9)12/h4-6H,13H2,1-3H3,(H2,14,15,16). The third-order valence-corrected chi connectivity index (χ3v) is 3.51. The van der Waals surface area contributed by atoms with Crippen molar-refractivity contribution in [3.8, 4) is 0 Å². The zero-order chi connectivity index (χ0) is 14.8. The first kappa shape index (κ1) is 15.2. The smallest absolute Gasteiger partial charge is 0.328 e. The lowest BCUT2D eigenvalue weighted by atomic mass is 10.2. The Hall–Kier alpha value is -1.83. The zero-order valence-corrected chi connectivity index (χ0v) is 11.6. The van der Waals surface area contributed by atoms with Gasteiger partial charge in [-0.2, -0.15) is 0 Å². The van der Waals surface area contributed by atoms with Crippen molar-refractivity contribution in [1.29, 1.82) is 0 Å². The number of carbonyl (C=O) groups is 1. The van der Waals surface area contributed by atoms with Crippen LogP contribution in [0.4, 0.5) is 14.9 Å². The van der Waals surface area contributed by atoms with Crippen molar-refractivity contribution in [1.82, 2.24) is 10.0 Å². The SMILES string of the molecule is Cc1cc(N)cc(S(=O)(=O)NC(=O)NC(C)C)c1F. The van der Waals surface area contributed by atoms with Gasteiger partial charge in [0.2, 0.25) is 0 Å². The van der Waals surface area contributed by atoms with Gasteiger partial charge in [0.25, 0.3) is 10.0 Å². The molecule has 0 atom stereocenters. The molecule has 2 amide bonds. The fourth-order valence-electron chi connectivity index (χ4n) is 1.43. The van der Waals surface area contributed by atoms with Gasteiger partial charge in [-0.1, -0.05) is 0 Å². The summed E-state index contributed by atoms with van der Waals surface area (Å²) in [5.41, 5.74) is 5.67. The second-order valence-corrected chi connectivity index (χ2v) is 6.03. The summed E-state index contributed by atoms with van der Waals surface area (Å²) in [5, 5.41) is 2.33. The molecule has 106 valence electrons. The maximum Gasteiger partial charge on any atom is 0.328 e. The van der Waals surface area contributed by atoms with E-state index in [1.807, 2.05) is 0 Å². The average Bonchev–Trinajstić information content (AvgIpc) is 2.20. The Kier molecular flexibility index (Phi) is 4.35. The Bertz CT molecular complexity index is 599. The summed E-state index contributed by atoms with van der Waals surface area (Å²) in [6.07, 6.45) is 0. The van der Waals surface area contributed by atoms with E-state index < -0.39 is 26.8 Å². The van der Waals surface area contributed by atoms with Crippen LogP contribution in [-0.2, 0) is 10.0 Å². The Morgan fingerprint density at radius 2 is 1.95 bits per heavy atom. The van der Waals surface area contributed by atoms with Gasteiger partial charge in [-0.15, -0.1) is 0 Å². The van der Waals surface area contributed by atoms with Crippen molar-refractivity contribution in [2.24, 2.45) is 0 Å². The number of benzene rings is 1. The molecule has 0 saturated carbocycles. The van der Waals surface area contributed by atoms with Gasteiger partial charge in [-0.3, -0.25) is 0 Å². The number of urea groups is 1. The summed E-state index contributed by atoms with van der Waals surface area (Å²) in [6.45, 7) is 4.72. The van der Waals surface area contributed by atoms with Crippen molar-refractivity contribution in [2.45, 2.75) is 31.7 Å². The van der Waals surface area contributed by atoms with Crippen LogP contribution in [0.15, 0.2) is 17.0 Å². The molecule has 8 heteroatoms. The molecule has 0 bridgehead atoms.